The molecule has 2 nitrogen and oxygen atoms in total. The molecule has 1 N–H and O–H groups in total. The van der Waals surface area contributed by atoms with Gasteiger partial charge in [0.2, 0.25) is 0 Å². The van der Waals surface area contributed by atoms with Crippen molar-refractivity contribution < 1.29 is 0 Å². The van der Waals surface area contributed by atoms with Gasteiger partial charge in [-0.1, -0.05) is 44.2 Å². The maximum absolute atomic E-state index is 8.96. The van der Waals surface area contributed by atoms with Crippen LogP contribution in [0.5, 0.6) is 0 Å². The van der Waals surface area contributed by atoms with Gasteiger partial charge in [-0.2, -0.15) is 5.26 Å². The van der Waals surface area contributed by atoms with Crippen LogP contribution in [0.2, 0.25) is 0 Å². The first-order chi connectivity index (χ1) is 8.87. The number of nitrogens with zero attached hydrogens (tertiary/aromatic N) is 1. The van der Waals surface area contributed by atoms with E-state index in [-0.39, 0.29) is 10.8 Å². The normalized spacial score (nSPS) is 12.2. The molecular weight excluding hydrogens is 232 g/mol. The van der Waals surface area contributed by atoms with Crippen molar-refractivity contribution in [2.75, 3.05) is 13.1 Å². The minimum Gasteiger partial charge on any atom is -0.316 e. The first-order valence-corrected chi connectivity index (χ1v) is 7.05. The third kappa shape index (κ3) is 5.44. The van der Waals surface area contributed by atoms with Crippen molar-refractivity contribution in [1.29, 1.82) is 5.26 Å². The van der Waals surface area contributed by atoms with Crippen molar-refractivity contribution in [3.63, 3.8) is 0 Å². The minimum atomic E-state index is -0.198. The van der Waals surface area contributed by atoms with Crippen LogP contribution in [-0.4, -0.2) is 13.1 Å². The Morgan fingerprint density at radius 3 is 2.32 bits per heavy atom. The monoisotopic (exact) mass is 258 g/mol. The molecule has 0 radical (unpaired) electrons. The zero-order valence-electron chi connectivity index (χ0n) is 12.7. The highest BCUT2D eigenvalue weighted by Gasteiger charge is 2.20. The molecule has 1 aromatic carbocycles. The highest BCUT2D eigenvalue weighted by molar-refractivity contribution is 5.23. The third-order valence-electron chi connectivity index (χ3n) is 3.58. The van der Waals surface area contributed by atoms with Gasteiger partial charge < -0.3 is 5.32 Å². The van der Waals surface area contributed by atoms with Gasteiger partial charge in [0.1, 0.15) is 0 Å². The fourth-order valence-corrected chi connectivity index (χ4v) is 2.10. The van der Waals surface area contributed by atoms with Gasteiger partial charge in [0, 0.05) is 12.0 Å². The largest absolute Gasteiger partial charge is 0.316 e. The molecular formula is C17H26N2. The van der Waals surface area contributed by atoms with E-state index in [1.807, 2.05) is 13.8 Å². The zero-order valence-corrected chi connectivity index (χ0v) is 12.7. The average molecular weight is 258 g/mol. The number of hydrogen-bond donors (Lipinski definition) is 1. The summed E-state index contributed by atoms with van der Waals surface area (Å²) in [5, 5.41) is 12.5. The molecule has 19 heavy (non-hydrogen) atoms. The fourth-order valence-electron chi connectivity index (χ4n) is 2.10. The van der Waals surface area contributed by atoms with Gasteiger partial charge in [-0.15, -0.1) is 0 Å². The number of benzene rings is 1. The van der Waals surface area contributed by atoms with Crippen molar-refractivity contribution >= 4 is 0 Å². The second-order valence-corrected chi connectivity index (χ2v) is 6.53. The Hall–Kier alpha value is -1.33. The molecule has 0 amide bonds. The van der Waals surface area contributed by atoms with E-state index < -0.39 is 0 Å². The molecule has 0 bridgehead atoms. The van der Waals surface area contributed by atoms with Crippen molar-refractivity contribution in [3.05, 3.63) is 35.9 Å². The molecule has 104 valence electrons. The van der Waals surface area contributed by atoms with E-state index >= 15 is 0 Å². The number of hydrogen-bond acceptors (Lipinski definition) is 2. The van der Waals surface area contributed by atoms with Crippen molar-refractivity contribution in [1.82, 2.24) is 5.32 Å². The third-order valence-corrected chi connectivity index (χ3v) is 3.58. The van der Waals surface area contributed by atoms with Crippen LogP contribution in [0.3, 0.4) is 0 Å². The molecule has 0 spiro atoms. The summed E-state index contributed by atoms with van der Waals surface area (Å²) in [6, 6.07) is 12.9. The van der Waals surface area contributed by atoms with Gasteiger partial charge in [-0.25, -0.2) is 0 Å². The molecule has 0 aromatic heterocycles. The van der Waals surface area contributed by atoms with Crippen LogP contribution < -0.4 is 5.32 Å². The van der Waals surface area contributed by atoms with E-state index in [1.165, 1.54) is 5.56 Å². The summed E-state index contributed by atoms with van der Waals surface area (Å²) in [4.78, 5) is 0. The maximum atomic E-state index is 8.96. The summed E-state index contributed by atoms with van der Waals surface area (Å²) >= 11 is 0. The molecule has 0 aliphatic rings. The van der Waals surface area contributed by atoms with Crippen molar-refractivity contribution in [3.8, 4) is 6.07 Å². The lowest BCUT2D eigenvalue weighted by Gasteiger charge is -2.26. The first-order valence-electron chi connectivity index (χ1n) is 7.05. The fraction of sp³-hybridized carbons (Fsp3) is 0.588. The van der Waals surface area contributed by atoms with Gasteiger partial charge >= 0.3 is 0 Å². The summed E-state index contributed by atoms with van der Waals surface area (Å²) in [6.07, 6.45) is 1.99. The molecule has 0 heterocycles. The van der Waals surface area contributed by atoms with Crippen LogP contribution >= 0.6 is 0 Å². The van der Waals surface area contributed by atoms with E-state index in [9.17, 15) is 0 Å². The Balaban J connectivity index is 2.32. The summed E-state index contributed by atoms with van der Waals surface area (Å²) in [5.41, 5.74) is 1.31. The topological polar surface area (TPSA) is 35.8 Å². The van der Waals surface area contributed by atoms with E-state index in [1.54, 1.807) is 0 Å². The average Bonchev–Trinajstić information content (AvgIpc) is 2.39. The van der Waals surface area contributed by atoms with Gasteiger partial charge in [-0.05, 0) is 38.8 Å². The van der Waals surface area contributed by atoms with Crippen molar-refractivity contribution in [2.24, 2.45) is 5.41 Å². The Bertz CT molecular complexity index is 413. The van der Waals surface area contributed by atoms with E-state index in [0.717, 1.165) is 25.9 Å². The minimum absolute atomic E-state index is 0.145. The number of nitriles is 1. The van der Waals surface area contributed by atoms with Crippen LogP contribution in [0.4, 0.5) is 0 Å². The van der Waals surface area contributed by atoms with E-state index in [2.05, 4.69) is 55.6 Å². The standard InChI is InChI=1S/C17H26N2/c1-16(2,13-18)11-8-12-19-14-17(3,4)15-9-6-5-7-10-15/h5-7,9-10,19H,8,11-12,14H2,1-4H3. The molecule has 0 aliphatic carbocycles. The highest BCUT2D eigenvalue weighted by atomic mass is 14.9. The molecule has 1 rings (SSSR count). The Morgan fingerprint density at radius 1 is 1.11 bits per heavy atom. The lowest BCUT2D eigenvalue weighted by atomic mass is 9.84. The maximum Gasteiger partial charge on any atom is 0.0683 e. The summed E-state index contributed by atoms with van der Waals surface area (Å²) in [7, 11) is 0. The van der Waals surface area contributed by atoms with Gasteiger partial charge in [0.25, 0.3) is 0 Å². The van der Waals surface area contributed by atoms with E-state index in [4.69, 9.17) is 5.26 Å². The summed E-state index contributed by atoms with van der Waals surface area (Å²) in [5.74, 6) is 0. The first kappa shape index (κ1) is 15.7. The van der Waals surface area contributed by atoms with Gasteiger partial charge in [0.05, 0.1) is 11.5 Å². The molecule has 0 saturated carbocycles. The Kier molecular flexibility index (Phi) is 5.57. The molecule has 1 aromatic rings. The molecule has 0 atom stereocenters. The van der Waals surface area contributed by atoms with Gasteiger partial charge in [-0.3, -0.25) is 0 Å². The summed E-state index contributed by atoms with van der Waals surface area (Å²) in [6.45, 7) is 10.5. The highest BCUT2D eigenvalue weighted by Crippen LogP contribution is 2.22. The smallest absolute Gasteiger partial charge is 0.0683 e. The molecule has 0 unspecified atom stereocenters. The van der Waals surface area contributed by atoms with Crippen LogP contribution in [0.1, 0.15) is 46.1 Å². The molecule has 0 fully saturated rings. The van der Waals surface area contributed by atoms with Crippen LogP contribution in [0.15, 0.2) is 30.3 Å². The lowest BCUT2D eigenvalue weighted by molar-refractivity contribution is 0.409. The van der Waals surface area contributed by atoms with Crippen molar-refractivity contribution in [2.45, 2.75) is 46.0 Å². The summed E-state index contributed by atoms with van der Waals surface area (Å²) < 4.78 is 0. The SMILES string of the molecule is CC(C)(C#N)CCCNCC(C)(C)c1ccccc1. The van der Waals surface area contributed by atoms with Crippen LogP contribution in [0, 0.1) is 16.7 Å². The quantitative estimate of drug-likeness (QED) is 0.753. The Morgan fingerprint density at radius 2 is 1.74 bits per heavy atom. The zero-order chi connectivity index (χ0) is 14.4. The second-order valence-electron chi connectivity index (χ2n) is 6.53. The number of nitrogens with one attached hydrogen (secondary N) is 1. The predicted molar refractivity (Wildman–Crippen MR) is 81.0 cm³/mol. The molecule has 0 saturated heterocycles. The second kappa shape index (κ2) is 6.73. The van der Waals surface area contributed by atoms with Gasteiger partial charge in [0.15, 0.2) is 0 Å². The Labute approximate surface area is 117 Å². The molecule has 2 heteroatoms. The van der Waals surface area contributed by atoms with Crippen LogP contribution in [-0.2, 0) is 5.41 Å². The predicted octanol–water partition coefficient (Wildman–Crippen LogP) is 3.88. The van der Waals surface area contributed by atoms with Crippen LogP contribution in [0.25, 0.3) is 0 Å². The lowest BCUT2D eigenvalue weighted by Crippen LogP contribution is -2.33. The van der Waals surface area contributed by atoms with E-state index in [0.29, 0.717) is 0 Å². The number of rotatable bonds is 7. The molecule has 0 aliphatic heterocycles.